The number of methoxy groups -OCH3 is 2. The summed E-state index contributed by atoms with van der Waals surface area (Å²) in [6, 6.07) is 120. The summed E-state index contributed by atoms with van der Waals surface area (Å²) in [7, 11) is 3.28. The Morgan fingerprint density at radius 1 is 0.318 bits per heavy atom. The highest BCUT2D eigenvalue weighted by atomic mass is 19.3. The van der Waals surface area contributed by atoms with Gasteiger partial charge in [-0.2, -0.15) is 0 Å². The van der Waals surface area contributed by atoms with Crippen molar-refractivity contribution in [1.82, 2.24) is 47.8 Å². The fraction of sp³-hybridized carbons (Fsp3) is 0.117. The molecular weight excluding hydrogens is 1870 g/mol. The quantitative estimate of drug-likeness (QED) is 0.0294. The maximum Gasteiger partial charge on any atom is 0.272 e. The van der Waals surface area contributed by atoms with Crippen LogP contribution in [0.15, 0.2) is 412 Å². The van der Waals surface area contributed by atoms with Gasteiger partial charge in [0.2, 0.25) is 0 Å². The van der Waals surface area contributed by atoms with Gasteiger partial charge in [0.25, 0.3) is 6.43 Å². The van der Waals surface area contributed by atoms with Gasteiger partial charge in [0, 0.05) is 135 Å². The Labute approximate surface area is 849 Å². The topological polar surface area (TPSA) is 284 Å². The molecule has 10 heterocycles. The zero-order valence-electron chi connectivity index (χ0n) is 81.9. The Morgan fingerprint density at radius 3 is 1.04 bits per heavy atom. The van der Waals surface area contributed by atoms with Gasteiger partial charge in [0.1, 0.15) is 92.4 Å². The van der Waals surface area contributed by atoms with Crippen LogP contribution in [0, 0.1) is 46.4 Å². The maximum absolute atomic E-state index is 13.6. The molecule has 11 aromatic carbocycles. The van der Waals surface area contributed by atoms with Crippen molar-refractivity contribution >= 4 is 119 Å². The molecule has 0 aliphatic heterocycles. The van der Waals surface area contributed by atoms with Gasteiger partial charge in [-0.05, 0) is 234 Å². The van der Waals surface area contributed by atoms with Crippen molar-refractivity contribution in [2.24, 2.45) is 5.92 Å². The molecule has 0 spiro atoms. The highest BCUT2D eigenvalue weighted by Gasteiger charge is 2.27. The number of fused-ring (bicyclic) bond motifs is 5. The van der Waals surface area contributed by atoms with Crippen molar-refractivity contribution in [3.05, 3.63) is 479 Å². The van der Waals surface area contributed by atoms with Gasteiger partial charge >= 0.3 is 0 Å². The summed E-state index contributed by atoms with van der Waals surface area (Å²) < 4.78 is 70.5. The Balaban J connectivity index is 0.000000121. The second kappa shape index (κ2) is 45.9. The molecular formula is C120H103F3N16O9. The molecule has 0 amide bonds. The molecule has 0 saturated heterocycles. The summed E-state index contributed by atoms with van der Waals surface area (Å²) in [5.41, 5.74) is 15.3. The van der Waals surface area contributed by atoms with E-state index in [9.17, 15) is 37.1 Å². The predicted octanol–water partition coefficient (Wildman–Crippen LogP) is 25.4. The highest BCUT2D eigenvalue weighted by Crippen LogP contribution is 2.37. The minimum absolute atomic E-state index is 0.0719. The van der Waals surface area contributed by atoms with Crippen molar-refractivity contribution in [1.29, 1.82) is 0 Å². The Bertz CT molecular complexity index is 8450. The van der Waals surface area contributed by atoms with Crippen LogP contribution in [0.25, 0.3) is 83.6 Å². The van der Waals surface area contributed by atoms with E-state index in [-0.39, 0.29) is 44.1 Å². The lowest BCUT2D eigenvalue weighted by Gasteiger charge is -2.19. The molecule has 1 saturated carbocycles. The molecule has 148 heavy (non-hydrogen) atoms. The van der Waals surface area contributed by atoms with Crippen molar-refractivity contribution in [2.75, 3.05) is 59.3 Å². The number of hydrogen-bond acceptors (Lipinski definition) is 20. The number of halogens is 3. The molecule has 22 rings (SSSR count). The predicted molar refractivity (Wildman–Crippen MR) is 586 cm³/mol. The normalized spacial score (nSPS) is 11.4. The first-order valence-electron chi connectivity index (χ1n) is 48.0. The number of nitrogens with one attached hydrogen (secondary N) is 6. The first kappa shape index (κ1) is 99.2. The van der Waals surface area contributed by atoms with Gasteiger partial charge < -0.3 is 50.8 Å². The van der Waals surface area contributed by atoms with Crippen LogP contribution in [0.2, 0.25) is 0 Å². The Hall–Kier alpha value is -19.0. The summed E-state index contributed by atoms with van der Waals surface area (Å²) in [5.74, 6) is 6.21. The molecule has 25 nitrogen and oxygen atoms in total. The lowest BCUT2D eigenvalue weighted by molar-refractivity contribution is 0.0825. The van der Waals surface area contributed by atoms with E-state index in [0.29, 0.717) is 121 Å². The van der Waals surface area contributed by atoms with Gasteiger partial charge in [-0.25, -0.2) is 38.1 Å². The Kier molecular flexibility index (Phi) is 30.8. The number of aromatic nitrogens is 10. The minimum Gasteiger partial charge on any atom is -0.497 e. The van der Waals surface area contributed by atoms with Crippen LogP contribution in [0.1, 0.15) is 46.7 Å². The van der Waals surface area contributed by atoms with Crippen LogP contribution >= 0.6 is 0 Å². The van der Waals surface area contributed by atoms with Gasteiger partial charge in [-0.15, -0.1) is 0 Å². The maximum atomic E-state index is 13.6. The van der Waals surface area contributed by atoms with Crippen LogP contribution in [-0.4, -0.2) is 81.6 Å². The summed E-state index contributed by atoms with van der Waals surface area (Å²) in [5, 5.41) is 22.3. The Morgan fingerprint density at radius 2 is 0.655 bits per heavy atom. The molecule has 0 atom stereocenters. The molecule has 0 bridgehead atoms. The first-order chi connectivity index (χ1) is 72.1. The third kappa shape index (κ3) is 23.8. The van der Waals surface area contributed by atoms with E-state index in [1.54, 1.807) is 62.1 Å². The number of alkyl halides is 2. The van der Waals surface area contributed by atoms with E-state index in [1.807, 2.05) is 367 Å². The van der Waals surface area contributed by atoms with Gasteiger partial charge in [-0.1, -0.05) is 170 Å². The second-order valence-electron chi connectivity index (χ2n) is 35.0. The largest absolute Gasteiger partial charge is 0.497 e. The number of benzene rings is 11. The van der Waals surface area contributed by atoms with E-state index in [4.69, 9.17) is 28.9 Å². The standard InChI is InChI=1S/C29H26N4O2.C25H23N3O2.C23H19F2N3O2.C22H19N3O2.C21H16FN3O/c1-20-17-26(30-19-21-13-15-24(35-2)16-14-21)32-29-28(20)25(34)18-27(31-22-9-5-3-6-10-22)33(29)23-11-7-4-8-12-23;1-17-14-22(30-16-18-12-13-18)24-21(29)15-23(27-19-8-4-2-5-9-19)28(25(24)26-17)20-10-6-3-7-11-20;1-15-12-19(30-14-20(24)25)22-18(29)13-21(27-16-8-4-2-5-9-16)28(23(22)26-15)17-10-6-3-7-11-17;1-15-11-12-19-20(26)14-21(24-16-7-6-10-18(13-16)27-2)25(22(19)23-15)17-8-4-3-5-9-17;1-14-10-11-18-19(26)13-20(24-16-7-5-6-15(22)12-16)25(21(18)23-14)17-8-3-2-4-9-17/h3-18,31H,19H2,1-2H3,(H,30,32);2-11,14-15,18,27H,12-13,16H2,1H3;2-13,20,27H,14H2,1H3;3-14,24H,1-2H3;2-13,24H,1H3. The van der Waals surface area contributed by atoms with E-state index < -0.39 is 13.0 Å². The van der Waals surface area contributed by atoms with Crippen molar-refractivity contribution in [3.8, 4) is 51.4 Å². The number of rotatable bonds is 26. The number of hydrogen-bond donors (Lipinski definition) is 6. The second-order valence-corrected chi connectivity index (χ2v) is 35.0. The molecule has 0 radical (unpaired) electrons. The SMILES string of the molecule is COc1ccc(CNc2cc(C)c3c(=O)cc(Nc4ccccc4)n(-c4ccccc4)c3n2)cc1.COc1cccc(Nc2cc(=O)c3ccc(C)nc3n2-c2ccccc2)c1.Cc1cc(OCC(F)F)c2c(=O)cc(Nc3ccccc3)n(-c3ccccc3)c2n1.Cc1cc(OCC2CC2)c2c(=O)cc(Nc3ccccc3)n(-c3ccccc3)c2n1.Cc1ccc2c(=O)cc(Nc3cccc(F)c3)n(-c3ccccc3)c2n1. The number of para-hydroxylation sites is 8. The molecule has 10 aromatic heterocycles. The molecule has 28 heteroatoms. The third-order valence-corrected chi connectivity index (χ3v) is 24.1. The number of anilines is 11. The number of nitrogens with zero attached hydrogens (tertiary/aromatic N) is 10. The average Bonchev–Trinajstić information content (AvgIpc) is 1.02. The lowest BCUT2D eigenvalue weighted by atomic mass is 10.1. The van der Waals surface area contributed by atoms with Crippen molar-refractivity contribution < 1.29 is 32.1 Å². The molecule has 738 valence electrons. The van der Waals surface area contributed by atoms with E-state index in [0.717, 1.165) is 90.9 Å². The highest BCUT2D eigenvalue weighted by molar-refractivity contribution is 5.90. The number of aryl methyl sites for hydroxylation is 5. The summed E-state index contributed by atoms with van der Waals surface area (Å²) in [6.07, 6.45) is -0.258. The average molecular weight is 1970 g/mol. The van der Waals surface area contributed by atoms with Crippen LogP contribution in [0.4, 0.5) is 76.5 Å². The monoisotopic (exact) mass is 1970 g/mol. The van der Waals surface area contributed by atoms with Gasteiger partial charge in [0.05, 0.1) is 37.0 Å². The smallest absolute Gasteiger partial charge is 0.272 e. The summed E-state index contributed by atoms with van der Waals surface area (Å²) in [6.45, 7) is 9.85. The molecule has 0 unspecified atom stereocenters. The number of ether oxygens (including phenoxy) is 4. The molecule has 1 aliphatic rings. The lowest BCUT2D eigenvalue weighted by Crippen LogP contribution is -2.16. The zero-order valence-corrected chi connectivity index (χ0v) is 81.9. The van der Waals surface area contributed by atoms with E-state index >= 15 is 0 Å². The third-order valence-electron chi connectivity index (χ3n) is 24.1. The molecule has 1 fully saturated rings. The van der Waals surface area contributed by atoms with Crippen LogP contribution in [0.5, 0.6) is 23.0 Å². The van der Waals surface area contributed by atoms with Crippen LogP contribution in [-0.2, 0) is 6.54 Å². The molecule has 21 aromatic rings. The van der Waals surface area contributed by atoms with Crippen molar-refractivity contribution in [2.45, 2.75) is 60.4 Å². The molecule has 1 aliphatic carbocycles. The van der Waals surface area contributed by atoms with Crippen LogP contribution < -0.4 is 78.0 Å². The zero-order chi connectivity index (χ0) is 103. The van der Waals surface area contributed by atoms with Gasteiger partial charge in [0.15, 0.2) is 44.1 Å². The summed E-state index contributed by atoms with van der Waals surface area (Å²) >= 11 is 0. The van der Waals surface area contributed by atoms with Crippen LogP contribution in [0.3, 0.4) is 0 Å². The fourth-order valence-corrected chi connectivity index (χ4v) is 17.0. The van der Waals surface area contributed by atoms with E-state index in [2.05, 4.69) is 46.9 Å². The van der Waals surface area contributed by atoms with E-state index in [1.165, 1.54) is 43.2 Å². The fourth-order valence-electron chi connectivity index (χ4n) is 17.0. The minimum atomic E-state index is -2.65. The molecule has 6 N–H and O–H groups in total. The summed E-state index contributed by atoms with van der Waals surface area (Å²) in [4.78, 5) is 88.1. The van der Waals surface area contributed by atoms with Gasteiger partial charge in [-0.3, -0.25) is 46.8 Å². The van der Waals surface area contributed by atoms with Crippen molar-refractivity contribution in [3.63, 3.8) is 0 Å². The number of pyridine rings is 10. The first-order valence-corrected chi connectivity index (χ1v) is 48.0.